The first-order valence-corrected chi connectivity index (χ1v) is 6.51. The number of hydrogen-bond acceptors (Lipinski definition) is 6. The average molecular weight is 283 g/mol. The van der Waals surface area contributed by atoms with Gasteiger partial charge in [-0.1, -0.05) is 35.5 Å². The Kier molecular flexibility index (Phi) is 6.14. The van der Waals surface area contributed by atoms with Gasteiger partial charge in [-0.2, -0.15) is 0 Å². The Labute approximate surface area is 114 Å². The van der Waals surface area contributed by atoms with Crippen molar-refractivity contribution in [2.45, 2.75) is 0 Å². The maximum atomic E-state index is 8.35. The predicted octanol–water partition coefficient (Wildman–Crippen LogP) is 2.77. The first-order valence-electron chi connectivity index (χ1n) is 4.90. The van der Waals surface area contributed by atoms with E-state index in [2.05, 4.69) is 9.98 Å². The van der Waals surface area contributed by atoms with Crippen molar-refractivity contribution in [1.82, 2.24) is 0 Å². The third-order valence-corrected chi connectivity index (χ3v) is 2.93. The number of isocyanates is 1. The molecule has 0 bridgehead atoms. The summed E-state index contributed by atoms with van der Waals surface area (Å²) >= 11 is 7.61. The summed E-state index contributed by atoms with van der Waals surface area (Å²) in [5, 5.41) is 6.92. The van der Waals surface area contributed by atoms with E-state index in [-0.39, 0.29) is 0 Å². The largest absolute Gasteiger partial charge is 0.311 e. The number of halogens is 1. The Morgan fingerprint density at radius 1 is 1.50 bits per heavy atom. The van der Waals surface area contributed by atoms with E-state index in [1.165, 1.54) is 11.8 Å². The van der Waals surface area contributed by atoms with Crippen molar-refractivity contribution in [3.63, 3.8) is 0 Å². The molecule has 94 valence electrons. The number of thioether (sulfide) groups is 1. The standard InChI is InChI=1S/C10H10ClN3S.CHNO/c1-15-10-12-6-14(7-13-10)9-5-3-2-4-8(9)11;2-1-3/h2-6H,7H2,1H3;2H. The summed E-state index contributed by atoms with van der Waals surface area (Å²) < 4.78 is 0. The van der Waals surface area contributed by atoms with E-state index in [1.807, 2.05) is 35.4 Å². The highest BCUT2D eigenvalue weighted by Gasteiger charge is 2.10. The van der Waals surface area contributed by atoms with Gasteiger partial charge in [-0.15, -0.1) is 0 Å². The minimum absolute atomic E-state index is 0.573. The number of nitrogens with one attached hydrogen (secondary N) is 1. The molecular weight excluding hydrogens is 272 g/mol. The first kappa shape index (κ1) is 14.4. The van der Waals surface area contributed by atoms with Gasteiger partial charge in [0.15, 0.2) is 5.17 Å². The molecule has 0 fully saturated rings. The monoisotopic (exact) mass is 282 g/mol. The minimum Gasteiger partial charge on any atom is -0.311 e. The van der Waals surface area contributed by atoms with Crippen molar-refractivity contribution in [2.24, 2.45) is 9.98 Å². The zero-order chi connectivity index (χ0) is 13.4. The number of hydrogen-bond donors (Lipinski definition) is 1. The fourth-order valence-electron chi connectivity index (χ4n) is 1.27. The average Bonchev–Trinajstić information content (AvgIpc) is 2.40. The lowest BCUT2D eigenvalue weighted by atomic mass is 10.3. The number of para-hydroxylation sites is 1. The molecule has 1 heterocycles. The van der Waals surface area contributed by atoms with Gasteiger partial charge in [0.1, 0.15) is 6.67 Å². The highest BCUT2D eigenvalue weighted by atomic mass is 35.5. The topological polar surface area (TPSA) is 68.9 Å². The van der Waals surface area contributed by atoms with Gasteiger partial charge in [0, 0.05) is 0 Å². The van der Waals surface area contributed by atoms with Crippen LogP contribution in [0, 0.1) is 5.41 Å². The van der Waals surface area contributed by atoms with E-state index >= 15 is 0 Å². The van der Waals surface area contributed by atoms with Crippen molar-refractivity contribution in [2.75, 3.05) is 17.8 Å². The molecule has 1 aromatic carbocycles. The molecule has 0 spiro atoms. The predicted molar refractivity (Wildman–Crippen MR) is 76.7 cm³/mol. The molecule has 0 saturated carbocycles. The normalized spacial score (nSPS) is 13.2. The Hall–Kier alpha value is -1.62. The molecular formula is C11H11ClN4OS. The first-order chi connectivity index (χ1) is 8.72. The number of amidine groups is 1. The van der Waals surface area contributed by atoms with Crippen LogP contribution in [0.25, 0.3) is 0 Å². The number of anilines is 1. The third-order valence-electron chi connectivity index (χ3n) is 2.01. The van der Waals surface area contributed by atoms with Crippen molar-refractivity contribution in [3.8, 4) is 0 Å². The summed E-state index contributed by atoms with van der Waals surface area (Å²) in [5.74, 6) is 0. The van der Waals surface area contributed by atoms with Gasteiger partial charge in [0.05, 0.1) is 17.0 Å². The third kappa shape index (κ3) is 4.00. The summed E-state index contributed by atoms with van der Waals surface area (Å²) in [6, 6.07) is 7.67. The van der Waals surface area contributed by atoms with Crippen LogP contribution in [0.1, 0.15) is 0 Å². The van der Waals surface area contributed by atoms with Gasteiger partial charge >= 0.3 is 0 Å². The molecule has 2 rings (SSSR count). The molecule has 0 atom stereocenters. The van der Waals surface area contributed by atoms with Crippen molar-refractivity contribution in [1.29, 1.82) is 5.41 Å². The molecule has 1 aromatic rings. The summed E-state index contributed by atoms with van der Waals surface area (Å²) in [4.78, 5) is 18.8. The van der Waals surface area contributed by atoms with Crippen LogP contribution in [0.4, 0.5) is 5.69 Å². The van der Waals surface area contributed by atoms with Gasteiger partial charge in [0.25, 0.3) is 0 Å². The van der Waals surface area contributed by atoms with Crippen LogP contribution in [-0.2, 0) is 4.79 Å². The van der Waals surface area contributed by atoms with E-state index in [4.69, 9.17) is 21.8 Å². The van der Waals surface area contributed by atoms with Crippen LogP contribution in [0.2, 0.25) is 5.02 Å². The number of nitrogens with zero attached hydrogens (tertiary/aromatic N) is 3. The van der Waals surface area contributed by atoms with Crippen LogP contribution in [-0.4, -0.2) is 30.5 Å². The number of aliphatic imine (C=N–C) groups is 2. The van der Waals surface area contributed by atoms with Crippen molar-refractivity contribution < 1.29 is 4.79 Å². The molecule has 1 N–H and O–H groups in total. The summed E-state index contributed by atoms with van der Waals surface area (Å²) in [6.07, 6.45) is 4.47. The Morgan fingerprint density at radius 3 is 2.67 bits per heavy atom. The fourth-order valence-corrected chi connectivity index (χ4v) is 1.86. The van der Waals surface area contributed by atoms with E-state index < -0.39 is 0 Å². The maximum absolute atomic E-state index is 8.35. The Morgan fingerprint density at radius 2 is 2.17 bits per heavy atom. The molecule has 7 heteroatoms. The smallest absolute Gasteiger partial charge is 0.231 e. The zero-order valence-electron chi connectivity index (χ0n) is 9.63. The summed E-state index contributed by atoms with van der Waals surface area (Å²) in [5.41, 5.74) is 0.937. The van der Waals surface area contributed by atoms with Crippen molar-refractivity contribution in [3.05, 3.63) is 29.3 Å². The van der Waals surface area contributed by atoms with Crippen molar-refractivity contribution >= 4 is 46.6 Å². The van der Waals surface area contributed by atoms with Crippen LogP contribution >= 0.6 is 23.4 Å². The molecule has 0 radical (unpaired) electrons. The molecule has 0 amide bonds. The lowest BCUT2D eigenvalue weighted by Crippen LogP contribution is -2.25. The lowest BCUT2D eigenvalue weighted by molar-refractivity contribution is 0.563. The minimum atomic E-state index is 0.573. The van der Waals surface area contributed by atoms with E-state index in [1.54, 1.807) is 6.34 Å². The van der Waals surface area contributed by atoms with Crippen LogP contribution in [0.3, 0.4) is 0 Å². The quantitative estimate of drug-likeness (QED) is 0.636. The highest BCUT2D eigenvalue weighted by Crippen LogP contribution is 2.25. The number of benzene rings is 1. The molecule has 0 unspecified atom stereocenters. The lowest BCUT2D eigenvalue weighted by Gasteiger charge is -2.21. The summed E-state index contributed by atoms with van der Waals surface area (Å²) in [7, 11) is 0. The maximum Gasteiger partial charge on any atom is 0.231 e. The number of carbonyl (C=O) groups excluding carboxylic acids is 1. The molecule has 0 aromatic heterocycles. The van der Waals surface area contributed by atoms with Crippen LogP contribution in [0.15, 0.2) is 34.3 Å². The second-order valence-corrected chi connectivity index (χ2v) is 4.23. The second-order valence-electron chi connectivity index (χ2n) is 3.05. The molecule has 1 aliphatic heterocycles. The van der Waals surface area contributed by atoms with E-state index in [9.17, 15) is 0 Å². The van der Waals surface area contributed by atoms with Crippen LogP contribution < -0.4 is 4.90 Å². The molecule has 1 aliphatic rings. The molecule has 0 aliphatic carbocycles. The second kappa shape index (κ2) is 7.66. The van der Waals surface area contributed by atoms with Gasteiger partial charge in [-0.25, -0.2) is 20.2 Å². The molecule has 0 saturated heterocycles. The fraction of sp³-hybridized carbons (Fsp3) is 0.182. The molecule has 5 nitrogen and oxygen atoms in total. The van der Waals surface area contributed by atoms with Gasteiger partial charge in [-0.05, 0) is 18.4 Å². The van der Waals surface area contributed by atoms with Gasteiger partial charge in [-0.3, -0.25) is 0 Å². The SMILES string of the molecule is CSC1=NCN(c2ccccc2Cl)C=N1.N=C=O. The van der Waals surface area contributed by atoms with Gasteiger partial charge < -0.3 is 4.90 Å². The Balaban J connectivity index is 0.000000492. The number of rotatable bonds is 1. The zero-order valence-corrected chi connectivity index (χ0v) is 11.2. The summed E-state index contributed by atoms with van der Waals surface area (Å²) in [6.45, 7) is 0.573. The van der Waals surface area contributed by atoms with E-state index in [0.717, 1.165) is 16.9 Å². The van der Waals surface area contributed by atoms with Crippen LogP contribution in [0.5, 0.6) is 0 Å². The molecule has 18 heavy (non-hydrogen) atoms. The highest BCUT2D eigenvalue weighted by molar-refractivity contribution is 8.13. The van der Waals surface area contributed by atoms with Gasteiger partial charge in [0.2, 0.25) is 6.08 Å². The van der Waals surface area contributed by atoms with E-state index in [0.29, 0.717) is 11.7 Å². The Bertz CT molecular complexity index is 498.